The number of allylic oxidation sites excluding steroid dienone is 3. The third-order valence-electron chi connectivity index (χ3n) is 4.87. The van der Waals surface area contributed by atoms with E-state index in [0.29, 0.717) is 13.0 Å². The Morgan fingerprint density at radius 3 is 2.57 bits per heavy atom. The Morgan fingerprint density at radius 2 is 1.79 bits per heavy atom. The van der Waals surface area contributed by atoms with Crippen LogP contribution in [0.15, 0.2) is 78.4 Å². The van der Waals surface area contributed by atoms with Crippen molar-refractivity contribution >= 4 is 11.6 Å². The lowest BCUT2D eigenvalue weighted by molar-refractivity contribution is 0.305. The van der Waals surface area contributed by atoms with Crippen molar-refractivity contribution in [3.8, 4) is 11.5 Å². The molecule has 140 valence electrons. The fourth-order valence-corrected chi connectivity index (χ4v) is 3.46. The van der Waals surface area contributed by atoms with Crippen molar-refractivity contribution in [2.75, 3.05) is 0 Å². The monoisotopic (exact) mass is 372 g/mol. The summed E-state index contributed by atoms with van der Waals surface area (Å²) in [6.45, 7) is 2.54. The molecular formula is C25H21FO2. The first-order valence-electron chi connectivity index (χ1n) is 9.26. The molecule has 3 aromatic rings. The average Bonchev–Trinajstić information content (AvgIpc) is 2.87. The Kier molecular flexibility index (Phi) is 4.98. The molecule has 2 nitrogen and oxygen atoms in total. The van der Waals surface area contributed by atoms with Gasteiger partial charge < -0.3 is 9.84 Å². The smallest absolute Gasteiger partial charge is 0.165 e. The van der Waals surface area contributed by atoms with E-state index in [0.717, 1.165) is 39.1 Å². The lowest BCUT2D eigenvalue weighted by Crippen LogP contribution is -1.99. The second-order valence-electron chi connectivity index (χ2n) is 7.00. The number of phenols is 1. The molecule has 0 aromatic heterocycles. The van der Waals surface area contributed by atoms with E-state index in [-0.39, 0.29) is 5.75 Å². The predicted molar refractivity (Wildman–Crippen MR) is 111 cm³/mol. The van der Waals surface area contributed by atoms with Gasteiger partial charge >= 0.3 is 0 Å². The van der Waals surface area contributed by atoms with Gasteiger partial charge in [-0.15, -0.1) is 0 Å². The van der Waals surface area contributed by atoms with Gasteiger partial charge in [0.15, 0.2) is 11.6 Å². The minimum atomic E-state index is -0.607. The highest BCUT2D eigenvalue weighted by Gasteiger charge is 2.15. The first-order chi connectivity index (χ1) is 13.6. The van der Waals surface area contributed by atoms with Crippen molar-refractivity contribution in [1.82, 2.24) is 0 Å². The highest BCUT2D eigenvalue weighted by Crippen LogP contribution is 2.34. The minimum Gasteiger partial charge on any atom is -0.505 e. The second kappa shape index (κ2) is 7.73. The molecule has 0 fully saturated rings. The molecule has 3 heteroatoms. The van der Waals surface area contributed by atoms with Gasteiger partial charge in [-0.2, -0.15) is 0 Å². The number of fused-ring (bicyclic) bond motifs is 1. The van der Waals surface area contributed by atoms with Gasteiger partial charge in [-0.25, -0.2) is 4.39 Å². The second-order valence-corrected chi connectivity index (χ2v) is 7.00. The normalized spacial score (nSPS) is 13.2. The number of hydrogen-bond acceptors (Lipinski definition) is 2. The van der Waals surface area contributed by atoms with Gasteiger partial charge in [-0.3, -0.25) is 0 Å². The minimum absolute atomic E-state index is 0.331. The number of ether oxygens (including phenoxy) is 1. The molecule has 28 heavy (non-hydrogen) atoms. The highest BCUT2D eigenvalue weighted by molar-refractivity contribution is 5.78. The molecule has 0 amide bonds. The van der Waals surface area contributed by atoms with Crippen LogP contribution in [0.4, 0.5) is 4.39 Å². The van der Waals surface area contributed by atoms with Crippen LogP contribution < -0.4 is 4.74 Å². The van der Waals surface area contributed by atoms with Gasteiger partial charge in [-0.05, 0) is 59.9 Å². The van der Waals surface area contributed by atoms with Crippen LogP contribution in [0.1, 0.15) is 29.2 Å². The molecule has 0 bridgehead atoms. The number of benzene rings is 3. The number of phenolic OH excluding ortho intramolecular Hbond substituents is 1. The molecule has 0 unspecified atom stereocenters. The molecule has 1 N–H and O–H groups in total. The Morgan fingerprint density at radius 1 is 0.964 bits per heavy atom. The summed E-state index contributed by atoms with van der Waals surface area (Å²) in [5.74, 6) is -0.0982. The van der Waals surface area contributed by atoms with Gasteiger partial charge in [-0.1, -0.05) is 60.2 Å². The van der Waals surface area contributed by atoms with Crippen molar-refractivity contribution in [3.63, 3.8) is 0 Å². The van der Waals surface area contributed by atoms with Crippen LogP contribution in [-0.2, 0) is 13.0 Å². The van der Waals surface area contributed by atoms with Crippen LogP contribution in [0, 0.1) is 5.82 Å². The summed E-state index contributed by atoms with van der Waals surface area (Å²) >= 11 is 0. The van der Waals surface area contributed by atoms with Gasteiger partial charge in [0.05, 0.1) is 0 Å². The van der Waals surface area contributed by atoms with Crippen LogP contribution in [0.2, 0.25) is 0 Å². The summed E-state index contributed by atoms with van der Waals surface area (Å²) in [5.41, 5.74) is 6.15. The Bertz CT molecular complexity index is 1070. The van der Waals surface area contributed by atoms with Crippen molar-refractivity contribution in [3.05, 3.63) is 106 Å². The first kappa shape index (κ1) is 18.1. The maximum Gasteiger partial charge on any atom is 0.165 e. The molecule has 1 aliphatic carbocycles. The largest absolute Gasteiger partial charge is 0.505 e. The summed E-state index contributed by atoms with van der Waals surface area (Å²) in [5, 5.41) is 9.47. The SMILES string of the molecule is CC1=Cc2c(cccc2OCc2ccccc2)CC(c2ccc(O)c(F)c2)=C1. The van der Waals surface area contributed by atoms with E-state index in [1.54, 1.807) is 6.07 Å². The zero-order chi connectivity index (χ0) is 19.5. The first-order valence-corrected chi connectivity index (χ1v) is 9.26. The van der Waals surface area contributed by atoms with Crippen molar-refractivity contribution in [2.24, 2.45) is 0 Å². The molecular weight excluding hydrogens is 351 g/mol. The maximum atomic E-state index is 13.8. The lowest BCUT2D eigenvalue weighted by Gasteiger charge is -2.14. The summed E-state index contributed by atoms with van der Waals surface area (Å²) in [4.78, 5) is 0. The zero-order valence-corrected chi connectivity index (χ0v) is 15.7. The third-order valence-corrected chi connectivity index (χ3v) is 4.87. The molecule has 0 atom stereocenters. The number of hydrogen-bond donors (Lipinski definition) is 1. The van der Waals surface area contributed by atoms with Crippen molar-refractivity contribution < 1.29 is 14.2 Å². The van der Waals surface area contributed by atoms with Crippen LogP contribution in [0.5, 0.6) is 11.5 Å². The summed E-state index contributed by atoms with van der Waals surface area (Å²) in [6.07, 6.45) is 4.84. The number of rotatable bonds is 4. The molecule has 1 aliphatic rings. The van der Waals surface area contributed by atoms with E-state index in [1.165, 1.54) is 12.1 Å². The fraction of sp³-hybridized carbons (Fsp3) is 0.120. The van der Waals surface area contributed by atoms with Gasteiger partial charge in [0.2, 0.25) is 0 Å². The molecule has 0 saturated carbocycles. The standard InChI is InChI=1S/C25H21FO2/c1-17-12-21(19-10-11-24(27)23(26)15-19)14-20-8-5-9-25(22(20)13-17)28-16-18-6-3-2-4-7-18/h2-13,15,27H,14,16H2,1H3. The van der Waals surface area contributed by atoms with Crippen LogP contribution in [0.3, 0.4) is 0 Å². The van der Waals surface area contributed by atoms with Crippen molar-refractivity contribution in [2.45, 2.75) is 20.0 Å². The molecule has 0 saturated heterocycles. The van der Waals surface area contributed by atoms with Crippen molar-refractivity contribution in [1.29, 1.82) is 0 Å². The molecule has 3 aromatic carbocycles. The number of aromatic hydroxyl groups is 1. The molecule has 0 spiro atoms. The van der Waals surface area contributed by atoms with Gasteiger partial charge in [0.1, 0.15) is 12.4 Å². The molecule has 4 rings (SSSR count). The van der Waals surface area contributed by atoms with E-state index < -0.39 is 5.82 Å². The number of halogens is 1. The van der Waals surface area contributed by atoms with E-state index in [1.807, 2.05) is 49.4 Å². The average molecular weight is 372 g/mol. The summed E-state index contributed by atoms with van der Waals surface area (Å²) < 4.78 is 20.0. The highest BCUT2D eigenvalue weighted by atomic mass is 19.1. The Balaban J connectivity index is 1.64. The van der Waals surface area contributed by atoms with Gasteiger partial charge in [0, 0.05) is 5.56 Å². The predicted octanol–water partition coefficient (Wildman–Crippen LogP) is 6.15. The Labute approximate surface area is 164 Å². The topological polar surface area (TPSA) is 29.5 Å². The molecule has 0 heterocycles. The molecule has 0 aliphatic heterocycles. The quantitative estimate of drug-likeness (QED) is 0.595. The van der Waals surface area contributed by atoms with E-state index in [2.05, 4.69) is 18.2 Å². The van der Waals surface area contributed by atoms with E-state index in [4.69, 9.17) is 4.74 Å². The lowest BCUT2D eigenvalue weighted by atomic mass is 9.96. The van der Waals surface area contributed by atoms with E-state index >= 15 is 0 Å². The van der Waals surface area contributed by atoms with Gasteiger partial charge in [0.25, 0.3) is 0 Å². The summed E-state index contributed by atoms with van der Waals surface area (Å²) in [7, 11) is 0. The zero-order valence-electron chi connectivity index (χ0n) is 15.7. The summed E-state index contributed by atoms with van der Waals surface area (Å²) in [6, 6.07) is 20.7. The van der Waals surface area contributed by atoms with Crippen LogP contribution >= 0.6 is 0 Å². The third kappa shape index (κ3) is 3.84. The molecule has 0 radical (unpaired) electrons. The van der Waals surface area contributed by atoms with E-state index in [9.17, 15) is 9.50 Å². The fourth-order valence-electron chi connectivity index (χ4n) is 3.46. The van der Waals surface area contributed by atoms with Crippen LogP contribution in [0.25, 0.3) is 11.6 Å². The maximum absolute atomic E-state index is 13.8. The van der Waals surface area contributed by atoms with Crippen LogP contribution in [-0.4, -0.2) is 5.11 Å². The Hall–Kier alpha value is -3.33.